The van der Waals surface area contributed by atoms with E-state index in [0.717, 1.165) is 39.0 Å². The lowest BCUT2D eigenvalue weighted by molar-refractivity contribution is -0.168. The Morgan fingerprint density at radius 3 is 2.24 bits per heavy atom. The fourth-order valence-corrected chi connectivity index (χ4v) is 1.34. The van der Waals surface area contributed by atoms with Crippen molar-refractivity contribution in [2.45, 2.75) is 32.3 Å². The van der Waals surface area contributed by atoms with Crippen LogP contribution in [0.5, 0.6) is 0 Å². The van der Waals surface area contributed by atoms with Crippen LogP contribution in [0, 0.1) is 5.82 Å². The number of ketones is 1. The van der Waals surface area contributed by atoms with E-state index in [1.807, 2.05) is 0 Å². The number of rotatable bonds is 3. The fourth-order valence-electron chi connectivity index (χ4n) is 1.34. The van der Waals surface area contributed by atoms with Crippen LogP contribution in [-0.2, 0) is 5.92 Å². The van der Waals surface area contributed by atoms with Gasteiger partial charge in [-0.15, -0.1) is 0 Å². The van der Waals surface area contributed by atoms with Crippen LogP contribution in [0.3, 0.4) is 0 Å². The molecule has 2 nitrogen and oxygen atoms in total. The first kappa shape index (κ1) is 13.7. The van der Waals surface area contributed by atoms with Gasteiger partial charge in [-0.3, -0.25) is 4.79 Å². The lowest BCUT2D eigenvalue weighted by atomic mass is 9.92. The summed E-state index contributed by atoms with van der Waals surface area (Å²) in [6.45, 7) is 2.98. The van der Waals surface area contributed by atoms with E-state index in [9.17, 15) is 23.1 Å². The van der Waals surface area contributed by atoms with E-state index in [2.05, 4.69) is 0 Å². The first-order valence-electron chi connectivity index (χ1n) is 4.98. The molecule has 0 saturated carbocycles. The highest BCUT2D eigenvalue weighted by molar-refractivity contribution is 5.94. The van der Waals surface area contributed by atoms with Crippen LogP contribution in [0.25, 0.3) is 0 Å². The van der Waals surface area contributed by atoms with Crippen LogP contribution < -0.4 is 0 Å². The predicted octanol–water partition coefficient (Wildman–Crippen LogP) is 2.89. The van der Waals surface area contributed by atoms with Crippen molar-refractivity contribution in [2.75, 3.05) is 0 Å². The SMILES string of the molecule is CC(=O)c1cc(C(F)(F)C(C)(C)O)ccc1F. The van der Waals surface area contributed by atoms with E-state index in [0.29, 0.717) is 0 Å². The highest BCUT2D eigenvalue weighted by Crippen LogP contribution is 2.39. The molecule has 1 aromatic carbocycles. The van der Waals surface area contributed by atoms with Crippen LogP contribution in [-0.4, -0.2) is 16.5 Å². The third kappa shape index (κ3) is 2.49. The van der Waals surface area contributed by atoms with Gasteiger partial charge in [0, 0.05) is 5.56 Å². The molecule has 0 spiro atoms. The number of aliphatic hydroxyl groups is 1. The molecule has 5 heteroatoms. The molecule has 0 radical (unpaired) electrons. The zero-order valence-electron chi connectivity index (χ0n) is 9.72. The van der Waals surface area contributed by atoms with Gasteiger partial charge in [0.2, 0.25) is 0 Å². The number of hydrogen-bond acceptors (Lipinski definition) is 2. The van der Waals surface area contributed by atoms with Crippen molar-refractivity contribution in [1.29, 1.82) is 0 Å². The minimum absolute atomic E-state index is 0.411. The highest BCUT2D eigenvalue weighted by atomic mass is 19.3. The second kappa shape index (κ2) is 4.14. The molecule has 0 aliphatic carbocycles. The molecular formula is C12H13F3O2. The molecule has 0 aromatic heterocycles. The maximum absolute atomic E-state index is 13.8. The molecule has 0 atom stereocenters. The van der Waals surface area contributed by atoms with Gasteiger partial charge in [-0.25, -0.2) is 4.39 Å². The quantitative estimate of drug-likeness (QED) is 0.832. The smallest absolute Gasteiger partial charge is 0.300 e. The van der Waals surface area contributed by atoms with Gasteiger partial charge in [0.25, 0.3) is 0 Å². The van der Waals surface area contributed by atoms with Crippen molar-refractivity contribution in [1.82, 2.24) is 0 Å². The number of carbonyl (C=O) groups excluding carboxylic acids is 1. The Labute approximate surface area is 97.1 Å². The van der Waals surface area contributed by atoms with Gasteiger partial charge in [0.05, 0.1) is 5.56 Å². The highest BCUT2D eigenvalue weighted by Gasteiger charge is 2.47. The number of halogens is 3. The first-order valence-corrected chi connectivity index (χ1v) is 4.98. The monoisotopic (exact) mass is 246 g/mol. The summed E-state index contributed by atoms with van der Waals surface area (Å²) < 4.78 is 40.7. The summed E-state index contributed by atoms with van der Waals surface area (Å²) in [7, 11) is 0. The van der Waals surface area contributed by atoms with Gasteiger partial charge in [-0.05, 0) is 39.0 Å². The summed E-state index contributed by atoms with van der Waals surface area (Å²) in [6, 6.07) is 2.43. The van der Waals surface area contributed by atoms with E-state index in [4.69, 9.17) is 0 Å². The zero-order valence-corrected chi connectivity index (χ0v) is 9.72. The van der Waals surface area contributed by atoms with Crippen LogP contribution in [0.4, 0.5) is 13.2 Å². The standard InChI is InChI=1S/C12H13F3O2/c1-7(16)9-6-8(4-5-10(9)13)12(14,15)11(2,3)17/h4-6,17H,1-3H3. The van der Waals surface area contributed by atoms with Crippen molar-refractivity contribution < 1.29 is 23.1 Å². The Morgan fingerprint density at radius 2 is 1.82 bits per heavy atom. The van der Waals surface area contributed by atoms with Crippen molar-refractivity contribution >= 4 is 5.78 Å². The number of hydrogen-bond donors (Lipinski definition) is 1. The molecule has 0 amide bonds. The van der Waals surface area contributed by atoms with Crippen LogP contribution in [0.15, 0.2) is 18.2 Å². The third-order valence-corrected chi connectivity index (χ3v) is 2.48. The first-order chi connectivity index (χ1) is 7.57. The Kier molecular flexibility index (Phi) is 3.34. The van der Waals surface area contributed by atoms with E-state index >= 15 is 0 Å². The number of alkyl halides is 2. The van der Waals surface area contributed by atoms with Gasteiger partial charge in [-0.1, -0.05) is 0 Å². The van der Waals surface area contributed by atoms with Crippen molar-refractivity contribution in [3.63, 3.8) is 0 Å². The molecule has 0 heterocycles. The topological polar surface area (TPSA) is 37.3 Å². The number of carbonyl (C=O) groups is 1. The van der Waals surface area contributed by atoms with E-state index in [-0.39, 0.29) is 0 Å². The average Bonchev–Trinajstić information content (AvgIpc) is 2.15. The molecule has 94 valence electrons. The zero-order chi connectivity index (χ0) is 13.4. The summed E-state index contributed by atoms with van der Waals surface area (Å²) >= 11 is 0. The molecule has 0 fully saturated rings. The number of benzene rings is 1. The molecule has 17 heavy (non-hydrogen) atoms. The van der Waals surface area contributed by atoms with Crippen LogP contribution in [0.1, 0.15) is 36.7 Å². The third-order valence-electron chi connectivity index (χ3n) is 2.48. The number of Topliss-reactive ketones (excluding diaryl/α,β-unsaturated/α-hetero) is 1. The van der Waals surface area contributed by atoms with E-state index < -0.39 is 34.3 Å². The van der Waals surface area contributed by atoms with Gasteiger partial charge in [0.15, 0.2) is 5.78 Å². The van der Waals surface area contributed by atoms with Crippen molar-refractivity contribution in [2.24, 2.45) is 0 Å². The minimum atomic E-state index is -3.56. The molecular weight excluding hydrogens is 233 g/mol. The molecule has 0 bridgehead atoms. The molecule has 0 aliphatic heterocycles. The van der Waals surface area contributed by atoms with Gasteiger partial charge in [0.1, 0.15) is 11.4 Å². The summed E-state index contributed by atoms with van der Waals surface area (Å²) in [5.74, 6) is -5.06. The summed E-state index contributed by atoms with van der Waals surface area (Å²) in [4.78, 5) is 11.0. The van der Waals surface area contributed by atoms with Gasteiger partial charge in [-0.2, -0.15) is 8.78 Å². The van der Waals surface area contributed by atoms with E-state index in [1.54, 1.807) is 0 Å². The summed E-state index contributed by atoms with van der Waals surface area (Å²) in [6.07, 6.45) is 0. The maximum Gasteiger partial charge on any atom is 0.300 e. The normalized spacial score (nSPS) is 12.6. The molecule has 0 saturated heterocycles. The van der Waals surface area contributed by atoms with Crippen molar-refractivity contribution in [3.05, 3.63) is 35.1 Å². The minimum Gasteiger partial charge on any atom is -0.384 e. The summed E-state index contributed by atoms with van der Waals surface area (Å²) in [5, 5.41) is 9.37. The fraction of sp³-hybridized carbons (Fsp3) is 0.417. The largest absolute Gasteiger partial charge is 0.384 e. The van der Waals surface area contributed by atoms with Gasteiger partial charge >= 0.3 is 5.92 Å². The molecule has 1 N–H and O–H groups in total. The van der Waals surface area contributed by atoms with Crippen LogP contribution in [0.2, 0.25) is 0 Å². The molecule has 1 aromatic rings. The molecule has 0 aliphatic rings. The Hall–Kier alpha value is -1.36. The van der Waals surface area contributed by atoms with Gasteiger partial charge < -0.3 is 5.11 Å². The maximum atomic E-state index is 13.8. The lowest BCUT2D eigenvalue weighted by Crippen LogP contribution is -2.40. The van der Waals surface area contributed by atoms with Crippen molar-refractivity contribution in [3.8, 4) is 0 Å². The second-order valence-electron chi connectivity index (χ2n) is 4.38. The average molecular weight is 246 g/mol. The molecule has 0 unspecified atom stereocenters. The Balaban J connectivity index is 3.35. The molecule has 1 rings (SSSR count). The Morgan fingerprint density at radius 1 is 1.29 bits per heavy atom. The lowest BCUT2D eigenvalue weighted by Gasteiger charge is -2.29. The Bertz CT molecular complexity index is 448. The summed E-state index contributed by atoms with van der Waals surface area (Å²) in [5.41, 5.74) is -3.29. The second-order valence-corrected chi connectivity index (χ2v) is 4.38. The predicted molar refractivity (Wildman–Crippen MR) is 56.6 cm³/mol. The van der Waals surface area contributed by atoms with Crippen LogP contribution >= 0.6 is 0 Å². The van der Waals surface area contributed by atoms with E-state index in [1.165, 1.54) is 0 Å².